The number of benzene rings is 2. The van der Waals surface area contributed by atoms with Crippen molar-refractivity contribution >= 4 is 11.7 Å². The SMILES string of the molecule is O=C(Nc1ccccc1)N1CCCC(OCc2cccc(F)c2)C1. The Kier molecular flexibility index (Phi) is 5.43. The molecule has 0 radical (unpaired) electrons. The van der Waals surface area contributed by atoms with E-state index in [1.54, 1.807) is 11.0 Å². The number of hydrogen-bond acceptors (Lipinski definition) is 2. The van der Waals surface area contributed by atoms with Gasteiger partial charge in [-0.3, -0.25) is 0 Å². The quantitative estimate of drug-likeness (QED) is 0.920. The number of likely N-dealkylation sites (tertiary alicyclic amines) is 1. The predicted molar refractivity (Wildman–Crippen MR) is 91.2 cm³/mol. The van der Waals surface area contributed by atoms with Crippen LogP contribution in [0, 0.1) is 5.82 Å². The molecule has 1 fully saturated rings. The Morgan fingerprint density at radius 2 is 2.04 bits per heavy atom. The van der Waals surface area contributed by atoms with E-state index in [9.17, 15) is 9.18 Å². The van der Waals surface area contributed by atoms with Gasteiger partial charge in [0.05, 0.1) is 12.7 Å². The van der Waals surface area contributed by atoms with Crippen molar-refractivity contribution in [2.75, 3.05) is 18.4 Å². The van der Waals surface area contributed by atoms with E-state index in [2.05, 4.69) is 5.32 Å². The number of nitrogens with zero attached hydrogens (tertiary/aromatic N) is 1. The van der Waals surface area contributed by atoms with E-state index in [-0.39, 0.29) is 18.0 Å². The van der Waals surface area contributed by atoms with Gasteiger partial charge in [-0.2, -0.15) is 0 Å². The third-order valence-electron chi connectivity index (χ3n) is 4.07. The van der Waals surface area contributed by atoms with Gasteiger partial charge >= 0.3 is 6.03 Å². The van der Waals surface area contributed by atoms with Gasteiger partial charge in [0.1, 0.15) is 5.82 Å². The summed E-state index contributed by atoms with van der Waals surface area (Å²) < 4.78 is 19.1. The minimum atomic E-state index is -0.261. The zero-order chi connectivity index (χ0) is 16.8. The molecule has 1 atom stereocenters. The number of hydrogen-bond donors (Lipinski definition) is 1. The summed E-state index contributed by atoms with van der Waals surface area (Å²) in [4.78, 5) is 14.1. The number of nitrogens with one attached hydrogen (secondary N) is 1. The maximum Gasteiger partial charge on any atom is 0.321 e. The van der Waals surface area contributed by atoms with Crippen LogP contribution in [0.3, 0.4) is 0 Å². The summed E-state index contributed by atoms with van der Waals surface area (Å²) in [5.41, 5.74) is 1.59. The first-order chi connectivity index (χ1) is 11.7. The summed E-state index contributed by atoms with van der Waals surface area (Å²) in [5, 5.41) is 2.90. The second-order valence-corrected chi connectivity index (χ2v) is 5.95. The number of para-hydroxylation sites is 1. The molecule has 0 saturated carbocycles. The van der Waals surface area contributed by atoms with Crippen molar-refractivity contribution in [2.45, 2.75) is 25.6 Å². The average molecular weight is 328 g/mol. The molecule has 2 aromatic carbocycles. The van der Waals surface area contributed by atoms with Gasteiger partial charge in [0.15, 0.2) is 0 Å². The highest BCUT2D eigenvalue weighted by Crippen LogP contribution is 2.17. The number of ether oxygens (including phenoxy) is 1. The lowest BCUT2D eigenvalue weighted by atomic mass is 10.1. The molecule has 1 unspecified atom stereocenters. The van der Waals surface area contributed by atoms with Crippen LogP contribution in [0.5, 0.6) is 0 Å². The summed E-state index contributed by atoms with van der Waals surface area (Å²) in [6.45, 7) is 1.63. The maximum absolute atomic E-state index is 13.2. The first-order valence-corrected chi connectivity index (χ1v) is 8.18. The fourth-order valence-corrected chi connectivity index (χ4v) is 2.82. The van der Waals surface area contributed by atoms with Crippen molar-refractivity contribution in [1.29, 1.82) is 0 Å². The molecule has 3 rings (SSSR count). The standard InChI is InChI=1S/C19H21FN2O2/c20-16-7-4-6-15(12-16)14-24-18-10-5-11-22(13-18)19(23)21-17-8-2-1-3-9-17/h1-4,6-9,12,18H,5,10-11,13-14H2,(H,21,23). The lowest BCUT2D eigenvalue weighted by Crippen LogP contribution is -2.45. The van der Waals surface area contributed by atoms with Gasteiger partial charge in [0.25, 0.3) is 0 Å². The molecular weight excluding hydrogens is 307 g/mol. The number of rotatable bonds is 4. The van der Waals surface area contributed by atoms with Crippen LogP contribution in [0.4, 0.5) is 14.9 Å². The van der Waals surface area contributed by atoms with Crippen molar-refractivity contribution in [3.8, 4) is 0 Å². The van der Waals surface area contributed by atoms with E-state index >= 15 is 0 Å². The third kappa shape index (κ3) is 4.55. The molecule has 1 N–H and O–H groups in total. The minimum Gasteiger partial charge on any atom is -0.372 e. The number of halogens is 1. The molecule has 0 spiro atoms. The number of carbonyl (C=O) groups is 1. The van der Waals surface area contributed by atoms with E-state index in [1.807, 2.05) is 36.4 Å². The van der Waals surface area contributed by atoms with Crippen LogP contribution in [-0.4, -0.2) is 30.1 Å². The van der Waals surface area contributed by atoms with Crippen molar-refractivity contribution in [2.24, 2.45) is 0 Å². The summed E-state index contributed by atoms with van der Waals surface area (Å²) in [7, 11) is 0. The topological polar surface area (TPSA) is 41.6 Å². The van der Waals surface area contributed by atoms with Gasteiger partial charge < -0.3 is 15.0 Å². The van der Waals surface area contributed by atoms with Crippen molar-refractivity contribution in [1.82, 2.24) is 4.90 Å². The highest BCUT2D eigenvalue weighted by molar-refractivity contribution is 5.89. The van der Waals surface area contributed by atoms with Crippen LogP contribution in [0.15, 0.2) is 54.6 Å². The lowest BCUT2D eigenvalue weighted by Gasteiger charge is -2.32. The normalized spacial score (nSPS) is 17.5. The van der Waals surface area contributed by atoms with Crippen LogP contribution < -0.4 is 5.32 Å². The van der Waals surface area contributed by atoms with Crippen LogP contribution in [0.25, 0.3) is 0 Å². The monoisotopic (exact) mass is 328 g/mol. The number of amides is 2. The first kappa shape index (κ1) is 16.5. The molecule has 1 heterocycles. The Morgan fingerprint density at radius 3 is 2.83 bits per heavy atom. The molecule has 0 aliphatic carbocycles. The Morgan fingerprint density at radius 1 is 1.21 bits per heavy atom. The smallest absolute Gasteiger partial charge is 0.321 e. The summed E-state index contributed by atoms with van der Waals surface area (Å²) >= 11 is 0. The maximum atomic E-state index is 13.2. The Labute approximate surface area is 141 Å². The van der Waals surface area contributed by atoms with Crippen LogP contribution in [-0.2, 0) is 11.3 Å². The molecule has 1 aliphatic heterocycles. The Hall–Kier alpha value is -2.40. The third-order valence-corrected chi connectivity index (χ3v) is 4.07. The number of piperidine rings is 1. The Balaban J connectivity index is 1.51. The molecule has 24 heavy (non-hydrogen) atoms. The zero-order valence-corrected chi connectivity index (χ0v) is 13.5. The molecule has 2 aromatic rings. The van der Waals surface area contributed by atoms with E-state index in [1.165, 1.54) is 12.1 Å². The van der Waals surface area contributed by atoms with Crippen LogP contribution in [0.1, 0.15) is 18.4 Å². The zero-order valence-electron chi connectivity index (χ0n) is 13.5. The summed E-state index contributed by atoms with van der Waals surface area (Å²) in [6.07, 6.45) is 1.78. The van der Waals surface area contributed by atoms with Crippen LogP contribution >= 0.6 is 0 Å². The number of anilines is 1. The summed E-state index contributed by atoms with van der Waals surface area (Å²) in [5.74, 6) is -0.261. The molecule has 0 bridgehead atoms. The summed E-state index contributed by atoms with van der Waals surface area (Å²) in [6, 6.07) is 15.7. The van der Waals surface area contributed by atoms with E-state index in [0.717, 1.165) is 30.6 Å². The first-order valence-electron chi connectivity index (χ1n) is 8.18. The van der Waals surface area contributed by atoms with Crippen molar-refractivity contribution in [3.63, 3.8) is 0 Å². The average Bonchev–Trinajstić information content (AvgIpc) is 2.61. The van der Waals surface area contributed by atoms with Gasteiger partial charge in [-0.1, -0.05) is 30.3 Å². The largest absolute Gasteiger partial charge is 0.372 e. The fraction of sp³-hybridized carbons (Fsp3) is 0.316. The molecule has 1 aliphatic rings. The van der Waals surface area contributed by atoms with Gasteiger partial charge in [0.2, 0.25) is 0 Å². The van der Waals surface area contributed by atoms with Gasteiger partial charge in [-0.25, -0.2) is 9.18 Å². The van der Waals surface area contributed by atoms with E-state index < -0.39 is 0 Å². The molecule has 5 heteroatoms. The van der Waals surface area contributed by atoms with Gasteiger partial charge in [0, 0.05) is 18.8 Å². The molecule has 2 amide bonds. The molecule has 126 valence electrons. The Bertz CT molecular complexity index is 678. The molecule has 1 saturated heterocycles. The van der Waals surface area contributed by atoms with Gasteiger partial charge in [-0.05, 0) is 42.7 Å². The van der Waals surface area contributed by atoms with E-state index in [4.69, 9.17) is 4.74 Å². The number of urea groups is 1. The molecule has 0 aromatic heterocycles. The number of carbonyl (C=O) groups excluding carboxylic acids is 1. The highest BCUT2D eigenvalue weighted by atomic mass is 19.1. The molecule has 4 nitrogen and oxygen atoms in total. The van der Waals surface area contributed by atoms with E-state index in [0.29, 0.717) is 13.2 Å². The van der Waals surface area contributed by atoms with Crippen molar-refractivity contribution < 1.29 is 13.9 Å². The molecular formula is C19H21FN2O2. The second-order valence-electron chi connectivity index (χ2n) is 5.95. The minimum absolute atomic E-state index is 0.0245. The predicted octanol–water partition coefficient (Wildman–Crippen LogP) is 4.04. The van der Waals surface area contributed by atoms with Crippen LogP contribution in [0.2, 0.25) is 0 Å². The van der Waals surface area contributed by atoms with Gasteiger partial charge in [-0.15, -0.1) is 0 Å². The fourth-order valence-electron chi connectivity index (χ4n) is 2.82. The lowest BCUT2D eigenvalue weighted by molar-refractivity contribution is 0.000934. The second kappa shape index (κ2) is 7.93. The van der Waals surface area contributed by atoms with Crippen molar-refractivity contribution in [3.05, 3.63) is 66.0 Å². The highest BCUT2D eigenvalue weighted by Gasteiger charge is 2.24.